The number of carbonyl (C=O) groups is 1. The Morgan fingerprint density at radius 2 is 1.88 bits per heavy atom. The monoisotopic (exact) mass is 381 g/mol. The van der Waals surface area contributed by atoms with Gasteiger partial charge in [-0.05, 0) is 36.8 Å². The zero-order valence-electron chi connectivity index (χ0n) is 14.3. The molecule has 0 radical (unpaired) electrons. The van der Waals surface area contributed by atoms with Crippen molar-refractivity contribution in [2.45, 2.75) is 25.7 Å². The lowest BCUT2D eigenvalue weighted by Gasteiger charge is -2.20. The van der Waals surface area contributed by atoms with E-state index in [1.165, 1.54) is 28.7 Å². The summed E-state index contributed by atoms with van der Waals surface area (Å²) in [5, 5.41) is 2.90. The molecule has 0 aliphatic heterocycles. The summed E-state index contributed by atoms with van der Waals surface area (Å²) < 4.78 is 26.9. The van der Waals surface area contributed by atoms with Crippen LogP contribution >= 0.6 is 11.6 Å². The van der Waals surface area contributed by atoms with Crippen molar-refractivity contribution in [2.24, 2.45) is 0 Å². The van der Waals surface area contributed by atoms with E-state index in [4.69, 9.17) is 11.6 Å². The molecule has 25 heavy (non-hydrogen) atoms. The molecule has 0 saturated carbocycles. The third kappa shape index (κ3) is 4.36. The van der Waals surface area contributed by atoms with E-state index in [9.17, 15) is 13.2 Å². The number of nitrogens with zero attached hydrogens (tertiary/aromatic N) is 2. The van der Waals surface area contributed by atoms with Crippen LogP contribution in [0.15, 0.2) is 41.4 Å². The summed E-state index contributed by atoms with van der Waals surface area (Å²) in [5.74, 6) is -0.389. The third-order valence-electron chi connectivity index (χ3n) is 3.76. The number of sulfonamides is 1. The fourth-order valence-electron chi connectivity index (χ4n) is 2.41. The van der Waals surface area contributed by atoms with Crippen LogP contribution in [0.4, 0.5) is 5.69 Å². The summed E-state index contributed by atoms with van der Waals surface area (Å²) in [6.45, 7) is 6.06. The molecule has 2 rings (SSSR count). The maximum Gasteiger partial charge on any atom is 0.255 e. The molecule has 0 fully saturated rings. The average molecular weight is 382 g/mol. The number of aromatic nitrogens is 1. The zero-order valence-corrected chi connectivity index (χ0v) is 15.9. The smallest absolute Gasteiger partial charge is 0.255 e. The lowest BCUT2D eigenvalue weighted by atomic mass is 10.2. The molecule has 134 valence electrons. The number of carbonyl (C=O) groups excluding carboxylic acids is 1. The minimum Gasteiger partial charge on any atom is -0.322 e. The lowest BCUT2D eigenvalue weighted by molar-refractivity contribution is 0.102. The van der Waals surface area contributed by atoms with E-state index in [-0.39, 0.29) is 16.0 Å². The fraction of sp³-hybridized carbons (Fsp3) is 0.294. The van der Waals surface area contributed by atoms with Crippen LogP contribution in [0.1, 0.15) is 29.8 Å². The van der Waals surface area contributed by atoms with Gasteiger partial charge in [0.1, 0.15) is 5.15 Å². The number of aryl methyl sites for hydroxylation is 1. The molecular weight excluding hydrogens is 362 g/mol. The van der Waals surface area contributed by atoms with E-state index in [0.717, 1.165) is 0 Å². The van der Waals surface area contributed by atoms with E-state index in [1.807, 2.05) is 0 Å². The number of benzene rings is 1. The van der Waals surface area contributed by atoms with E-state index in [1.54, 1.807) is 32.9 Å². The first-order chi connectivity index (χ1) is 11.8. The van der Waals surface area contributed by atoms with Crippen molar-refractivity contribution in [1.29, 1.82) is 0 Å². The minimum absolute atomic E-state index is 0.182. The maximum atomic E-state index is 12.8. The highest BCUT2D eigenvalue weighted by molar-refractivity contribution is 7.89. The first-order valence-electron chi connectivity index (χ1n) is 7.83. The quantitative estimate of drug-likeness (QED) is 0.778. The van der Waals surface area contributed by atoms with Crippen LogP contribution in [0, 0.1) is 6.92 Å². The Bertz CT molecular complexity index is 880. The molecule has 0 atom stereocenters. The van der Waals surface area contributed by atoms with Crippen LogP contribution < -0.4 is 5.32 Å². The van der Waals surface area contributed by atoms with Crippen LogP contribution in [-0.4, -0.2) is 36.7 Å². The molecular formula is C17H20ClN3O3S. The number of pyridine rings is 1. The average Bonchev–Trinajstić information content (AvgIpc) is 2.57. The van der Waals surface area contributed by atoms with Gasteiger partial charge in [0.25, 0.3) is 5.91 Å². The number of amides is 1. The van der Waals surface area contributed by atoms with Crippen LogP contribution in [0.5, 0.6) is 0 Å². The minimum atomic E-state index is -3.61. The first-order valence-corrected chi connectivity index (χ1v) is 9.65. The molecule has 2 aromatic rings. The standard InChI is InChI=1S/C17H20ClN3O3S/c1-4-21(5-2)25(23,24)15-11-14(7-6-12(15)3)20-17(22)13-8-9-19-16(18)10-13/h6-11H,4-5H2,1-3H3,(H,20,22). The highest BCUT2D eigenvalue weighted by atomic mass is 35.5. The highest BCUT2D eigenvalue weighted by Gasteiger charge is 2.24. The fourth-order valence-corrected chi connectivity index (χ4v) is 4.29. The van der Waals surface area contributed by atoms with Gasteiger partial charge >= 0.3 is 0 Å². The topological polar surface area (TPSA) is 79.4 Å². The number of anilines is 1. The Morgan fingerprint density at radius 3 is 2.48 bits per heavy atom. The van der Waals surface area contributed by atoms with E-state index in [2.05, 4.69) is 10.3 Å². The van der Waals surface area contributed by atoms with Gasteiger partial charge in [0.05, 0.1) is 4.90 Å². The second kappa shape index (κ2) is 7.95. The number of hydrogen-bond acceptors (Lipinski definition) is 4. The van der Waals surface area contributed by atoms with Gasteiger partial charge in [-0.2, -0.15) is 4.31 Å². The van der Waals surface area contributed by atoms with Gasteiger partial charge in [0, 0.05) is 30.5 Å². The van der Waals surface area contributed by atoms with E-state index in [0.29, 0.717) is 29.9 Å². The summed E-state index contributed by atoms with van der Waals surface area (Å²) in [5.41, 5.74) is 1.36. The zero-order chi connectivity index (χ0) is 18.6. The largest absolute Gasteiger partial charge is 0.322 e. The SMILES string of the molecule is CCN(CC)S(=O)(=O)c1cc(NC(=O)c2ccnc(Cl)c2)ccc1C. The molecule has 0 unspecified atom stereocenters. The Labute approximate surface area is 152 Å². The van der Waals surface area contributed by atoms with Gasteiger partial charge in [-0.15, -0.1) is 0 Å². The molecule has 1 heterocycles. The normalized spacial score (nSPS) is 11.6. The molecule has 0 aliphatic rings. The van der Waals surface area contributed by atoms with Crippen molar-refractivity contribution in [3.8, 4) is 0 Å². The Kier molecular flexibility index (Phi) is 6.16. The molecule has 6 nitrogen and oxygen atoms in total. The molecule has 1 aromatic heterocycles. The molecule has 1 aromatic carbocycles. The van der Waals surface area contributed by atoms with Crippen molar-refractivity contribution < 1.29 is 13.2 Å². The van der Waals surface area contributed by atoms with Crippen LogP contribution in [0.3, 0.4) is 0 Å². The van der Waals surface area contributed by atoms with Gasteiger partial charge in [0.15, 0.2) is 0 Å². The van der Waals surface area contributed by atoms with Crippen LogP contribution in [0.2, 0.25) is 5.15 Å². The van der Waals surface area contributed by atoms with E-state index < -0.39 is 10.0 Å². The lowest BCUT2D eigenvalue weighted by Crippen LogP contribution is -2.31. The maximum absolute atomic E-state index is 12.8. The van der Waals surface area contributed by atoms with Gasteiger partial charge < -0.3 is 5.32 Å². The summed E-state index contributed by atoms with van der Waals surface area (Å²) in [6, 6.07) is 7.79. The number of nitrogens with one attached hydrogen (secondary N) is 1. The molecule has 1 amide bonds. The Morgan fingerprint density at radius 1 is 1.20 bits per heavy atom. The second-order valence-corrected chi connectivity index (χ2v) is 7.68. The number of hydrogen-bond donors (Lipinski definition) is 1. The molecule has 0 spiro atoms. The summed E-state index contributed by atoms with van der Waals surface area (Å²) in [7, 11) is -3.61. The molecule has 0 aliphatic carbocycles. The number of rotatable bonds is 6. The summed E-state index contributed by atoms with van der Waals surface area (Å²) in [4.78, 5) is 16.3. The second-order valence-electron chi connectivity index (χ2n) is 5.39. The molecule has 8 heteroatoms. The van der Waals surface area contributed by atoms with Gasteiger partial charge in [-0.25, -0.2) is 13.4 Å². The summed E-state index contributed by atoms with van der Waals surface area (Å²) >= 11 is 5.79. The predicted molar refractivity (Wildman–Crippen MR) is 98.5 cm³/mol. The first kappa shape index (κ1) is 19.4. The Hall–Kier alpha value is -1.96. The van der Waals surface area contributed by atoms with Crippen molar-refractivity contribution in [2.75, 3.05) is 18.4 Å². The molecule has 0 saturated heterocycles. The van der Waals surface area contributed by atoms with Crippen LogP contribution in [0.25, 0.3) is 0 Å². The molecule has 1 N–H and O–H groups in total. The predicted octanol–water partition coefficient (Wildman–Crippen LogP) is 3.33. The third-order valence-corrected chi connectivity index (χ3v) is 6.16. The van der Waals surface area contributed by atoms with E-state index >= 15 is 0 Å². The Balaban J connectivity index is 2.34. The van der Waals surface area contributed by atoms with Crippen LogP contribution in [-0.2, 0) is 10.0 Å². The van der Waals surface area contributed by atoms with Crippen molar-refractivity contribution in [3.05, 3.63) is 52.8 Å². The van der Waals surface area contributed by atoms with Crippen molar-refractivity contribution in [1.82, 2.24) is 9.29 Å². The summed E-state index contributed by atoms with van der Waals surface area (Å²) in [6.07, 6.45) is 1.43. The van der Waals surface area contributed by atoms with Crippen molar-refractivity contribution in [3.63, 3.8) is 0 Å². The van der Waals surface area contributed by atoms with Gasteiger partial charge in [0.2, 0.25) is 10.0 Å². The highest BCUT2D eigenvalue weighted by Crippen LogP contribution is 2.24. The number of halogens is 1. The molecule has 0 bridgehead atoms. The van der Waals surface area contributed by atoms with Gasteiger partial charge in [-0.3, -0.25) is 4.79 Å². The van der Waals surface area contributed by atoms with Gasteiger partial charge in [-0.1, -0.05) is 31.5 Å². The van der Waals surface area contributed by atoms with Crippen molar-refractivity contribution >= 4 is 33.2 Å².